The fraction of sp³-hybridized carbons (Fsp3) is 1.00. The fourth-order valence-corrected chi connectivity index (χ4v) is 0. The molecule has 0 radical (unpaired) electrons. The summed E-state index contributed by atoms with van der Waals surface area (Å²) in [4.78, 5) is 9.41. The van der Waals surface area contributed by atoms with Crippen LogP contribution < -0.4 is 34.5 Å². The van der Waals surface area contributed by atoms with Gasteiger partial charge < -0.3 is 4.89 Å². The average molecular weight is 115 g/mol. The smallest absolute Gasteiger partial charge is 0.596 e. The van der Waals surface area contributed by atoms with Gasteiger partial charge in [0.2, 0.25) is 0 Å². The summed E-state index contributed by atoms with van der Waals surface area (Å²) in [5, 5.41) is 0. The van der Waals surface area contributed by atoms with Crippen molar-refractivity contribution in [2.75, 3.05) is 6.16 Å². The molecule has 0 spiro atoms. The van der Waals surface area contributed by atoms with Crippen molar-refractivity contribution < 1.29 is 39.0 Å². The van der Waals surface area contributed by atoms with Crippen LogP contribution in [0.1, 0.15) is 6.92 Å². The molecule has 0 rings (SSSR count). The molecule has 0 N–H and O–H groups in total. The molecule has 0 aliphatic carbocycles. The van der Waals surface area contributed by atoms with E-state index in [4.69, 9.17) is 0 Å². The summed E-state index contributed by atoms with van der Waals surface area (Å²) in [7, 11) is -2.10. The van der Waals surface area contributed by atoms with E-state index in [1.807, 2.05) is 0 Å². The van der Waals surface area contributed by atoms with Crippen molar-refractivity contribution in [1.82, 2.24) is 0 Å². The SMILES string of the molecule is CC[P+](=O)[O-].[Na+]. The van der Waals surface area contributed by atoms with Crippen LogP contribution in [-0.4, -0.2) is 6.16 Å². The molecule has 1 atom stereocenters. The summed E-state index contributed by atoms with van der Waals surface area (Å²) in [6, 6.07) is 0. The Bertz CT molecular complexity index is 46.8. The van der Waals surface area contributed by atoms with Gasteiger partial charge in [0.25, 0.3) is 0 Å². The molecule has 0 aromatic carbocycles. The first kappa shape index (κ1) is 10.1. The average Bonchev–Trinajstić information content (AvgIpc) is 1.38. The van der Waals surface area contributed by atoms with E-state index < -0.39 is 8.03 Å². The Hall–Kier alpha value is 1.06. The minimum Gasteiger partial charge on any atom is -0.596 e. The first-order chi connectivity index (χ1) is 2.27. The summed E-state index contributed by atoms with van der Waals surface area (Å²) in [5.74, 6) is 0. The molecule has 4 heteroatoms. The third-order valence-corrected chi connectivity index (χ3v) is 0.775. The Morgan fingerprint density at radius 2 is 2.00 bits per heavy atom. The predicted octanol–water partition coefficient (Wildman–Crippen LogP) is -2.89. The predicted molar refractivity (Wildman–Crippen MR) is 18.1 cm³/mol. The number of hydrogen-bond acceptors (Lipinski definition) is 2. The quantitative estimate of drug-likeness (QED) is 0.272. The van der Waals surface area contributed by atoms with Crippen molar-refractivity contribution in [2.45, 2.75) is 6.92 Å². The van der Waals surface area contributed by atoms with E-state index in [2.05, 4.69) is 0 Å². The van der Waals surface area contributed by atoms with Crippen molar-refractivity contribution in [3.63, 3.8) is 0 Å². The fourth-order valence-electron chi connectivity index (χ4n) is 0. The third-order valence-electron chi connectivity index (χ3n) is 0.258. The van der Waals surface area contributed by atoms with Gasteiger partial charge in [-0.25, -0.2) is 0 Å². The van der Waals surface area contributed by atoms with Gasteiger partial charge in [-0.15, -0.1) is 0 Å². The van der Waals surface area contributed by atoms with Crippen LogP contribution in [0.5, 0.6) is 0 Å². The van der Waals surface area contributed by atoms with E-state index in [0.29, 0.717) is 0 Å². The number of hydrogen-bond donors (Lipinski definition) is 0. The van der Waals surface area contributed by atoms with E-state index in [9.17, 15) is 9.46 Å². The van der Waals surface area contributed by atoms with Crippen molar-refractivity contribution in [2.24, 2.45) is 0 Å². The minimum atomic E-state index is -2.10. The Morgan fingerprint density at radius 3 is 2.00 bits per heavy atom. The summed E-state index contributed by atoms with van der Waals surface area (Å²) in [6.07, 6.45) is 0.259. The second-order valence-electron chi connectivity index (χ2n) is 0.649. The molecule has 30 valence electrons. The Labute approximate surface area is 60.1 Å². The van der Waals surface area contributed by atoms with Crippen molar-refractivity contribution in [3.8, 4) is 0 Å². The van der Waals surface area contributed by atoms with Gasteiger partial charge in [-0.2, -0.15) is 0 Å². The van der Waals surface area contributed by atoms with Crippen LogP contribution in [0.25, 0.3) is 0 Å². The van der Waals surface area contributed by atoms with Crippen LogP contribution in [0.15, 0.2) is 0 Å². The van der Waals surface area contributed by atoms with Gasteiger partial charge in [0, 0.05) is 0 Å². The van der Waals surface area contributed by atoms with Crippen LogP contribution in [-0.2, 0) is 4.57 Å². The van der Waals surface area contributed by atoms with Gasteiger partial charge in [-0.05, 0) is 6.92 Å². The molecule has 1 unspecified atom stereocenters. The van der Waals surface area contributed by atoms with E-state index in [0.717, 1.165) is 0 Å². The van der Waals surface area contributed by atoms with Gasteiger partial charge in [-0.1, -0.05) is 4.57 Å². The molecular weight excluding hydrogens is 110 g/mol. The van der Waals surface area contributed by atoms with Crippen LogP contribution >= 0.6 is 8.03 Å². The second-order valence-corrected chi connectivity index (χ2v) is 1.95. The van der Waals surface area contributed by atoms with Crippen LogP contribution in [0.3, 0.4) is 0 Å². The van der Waals surface area contributed by atoms with Crippen molar-refractivity contribution in [1.29, 1.82) is 0 Å². The van der Waals surface area contributed by atoms with Crippen LogP contribution in [0.2, 0.25) is 0 Å². The summed E-state index contributed by atoms with van der Waals surface area (Å²) in [5.41, 5.74) is 0. The second kappa shape index (κ2) is 6.06. The molecule has 0 amide bonds. The van der Waals surface area contributed by atoms with Crippen LogP contribution in [0, 0.1) is 0 Å². The molecule has 0 aromatic heterocycles. The zero-order valence-electron chi connectivity index (χ0n) is 3.97. The zero-order valence-corrected chi connectivity index (χ0v) is 6.87. The van der Waals surface area contributed by atoms with Gasteiger partial charge in [0.15, 0.2) is 0 Å². The van der Waals surface area contributed by atoms with E-state index >= 15 is 0 Å². The molecule has 0 aliphatic rings. The zero-order chi connectivity index (χ0) is 4.28. The Kier molecular flexibility index (Phi) is 10.2. The summed E-state index contributed by atoms with van der Waals surface area (Å²) < 4.78 is 9.41. The number of rotatable bonds is 1. The molecule has 0 aliphatic heterocycles. The van der Waals surface area contributed by atoms with Crippen molar-refractivity contribution >= 4 is 8.03 Å². The largest absolute Gasteiger partial charge is 1.00 e. The Morgan fingerprint density at radius 1 is 1.83 bits per heavy atom. The molecule has 0 aromatic rings. The summed E-state index contributed by atoms with van der Waals surface area (Å²) >= 11 is 0. The molecule has 6 heavy (non-hydrogen) atoms. The first-order valence-electron chi connectivity index (χ1n) is 1.39. The maximum Gasteiger partial charge on any atom is 1.00 e. The van der Waals surface area contributed by atoms with Crippen molar-refractivity contribution in [3.05, 3.63) is 0 Å². The van der Waals surface area contributed by atoms with Gasteiger partial charge in [0.1, 0.15) is 6.16 Å². The standard InChI is InChI=1S/C2H5O2P.Na/c1-2-5(3)4;/h2H2,1H3;/q;+1. The normalized spacial score (nSPS) is 9.33. The first-order valence-corrected chi connectivity index (χ1v) is 2.75. The van der Waals surface area contributed by atoms with Gasteiger partial charge in [-0.3, -0.25) is 0 Å². The molecular formula is C2H5NaO2P+. The topological polar surface area (TPSA) is 40.1 Å². The van der Waals surface area contributed by atoms with Crippen LogP contribution in [0.4, 0.5) is 0 Å². The maximum absolute atomic E-state index is 9.41. The van der Waals surface area contributed by atoms with E-state index in [1.54, 1.807) is 6.92 Å². The monoisotopic (exact) mass is 115 g/mol. The maximum atomic E-state index is 9.41. The third kappa shape index (κ3) is 8.91. The molecule has 0 saturated heterocycles. The van der Waals surface area contributed by atoms with Gasteiger partial charge in [0.05, 0.1) is 0 Å². The van der Waals surface area contributed by atoms with E-state index in [-0.39, 0.29) is 35.7 Å². The molecule has 0 heterocycles. The van der Waals surface area contributed by atoms with E-state index in [1.165, 1.54) is 0 Å². The molecule has 0 bridgehead atoms. The molecule has 0 saturated carbocycles. The minimum absolute atomic E-state index is 0. The molecule has 0 fully saturated rings. The Balaban J connectivity index is 0. The summed E-state index contributed by atoms with van der Waals surface area (Å²) in [6.45, 7) is 1.60. The van der Waals surface area contributed by atoms with Gasteiger partial charge >= 0.3 is 37.6 Å². The molecule has 2 nitrogen and oxygen atoms in total.